The molecule has 0 N–H and O–H groups in total. The number of pyridine rings is 1. The number of hydrogen-bond donors (Lipinski definition) is 0. The molecule has 0 spiro atoms. The van der Waals surface area contributed by atoms with Gasteiger partial charge in [0.2, 0.25) is 0 Å². The van der Waals surface area contributed by atoms with E-state index in [-0.39, 0.29) is 12.6 Å². The molecular formula is C17H15ClN2O2S2. The van der Waals surface area contributed by atoms with E-state index >= 15 is 0 Å². The summed E-state index contributed by atoms with van der Waals surface area (Å²) in [4.78, 5) is 22.5. The fourth-order valence-corrected chi connectivity index (χ4v) is 3.77. The predicted molar refractivity (Wildman–Crippen MR) is 99.2 cm³/mol. The highest BCUT2D eigenvalue weighted by molar-refractivity contribution is 7.98. The molecule has 4 nitrogen and oxygen atoms in total. The van der Waals surface area contributed by atoms with Crippen LogP contribution in [0.1, 0.15) is 25.9 Å². The zero-order valence-corrected chi connectivity index (χ0v) is 15.8. The molecule has 0 fully saturated rings. The number of esters is 1. The van der Waals surface area contributed by atoms with Gasteiger partial charge >= 0.3 is 5.97 Å². The summed E-state index contributed by atoms with van der Waals surface area (Å²) in [7, 11) is 0. The Labute approximate surface area is 153 Å². The summed E-state index contributed by atoms with van der Waals surface area (Å²) in [6.07, 6.45) is 2.01. The first-order chi connectivity index (χ1) is 11.5. The van der Waals surface area contributed by atoms with Crippen molar-refractivity contribution in [2.45, 2.75) is 25.3 Å². The fraction of sp³-hybridized carbons (Fsp3) is 0.235. The molecular weight excluding hydrogens is 364 g/mol. The molecule has 0 aliphatic carbocycles. The molecule has 0 aliphatic heterocycles. The number of aromatic nitrogens is 2. The summed E-state index contributed by atoms with van der Waals surface area (Å²) in [5.74, 6) is -0.382. The van der Waals surface area contributed by atoms with Gasteiger partial charge in [-0.05, 0) is 38.3 Å². The van der Waals surface area contributed by atoms with E-state index in [1.165, 1.54) is 11.3 Å². The molecule has 0 aliphatic rings. The number of thioether (sulfide) groups is 1. The van der Waals surface area contributed by atoms with Gasteiger partial charge in [-0.1, -0.05) is 17.7 Å². The lowest BCUT2D eigenvalue weighted by Gasteiger charge is -2.08. The quantitative estimate of drug-likeness (QED) is 0.361. The number of fused-ring (bicyclic) bond motifs is 1. The van der Waals surface area contributed by atoms with Crippen molar-refractivity contribution in [3.8, 4) is 0 Å². The van der Waals surface area contributed by atoms with Gasteiger partial charge in [-0.25, -0.2) is 14.8 Å². The zero-order chi connectivity index (χ0) is 17.3. The Balaban J connectivity index is 1.81. The molecule has 124 valence electrons. The molecule has 2 heterocycles. The summed E-state index contributed by atoms with van der Waals surface area (Å²) >= 11 is 9.23. The standard InChI is InChI=1S/C17H15ClN2O2S2/c1-9-15(24-10(2)19-9)17(21)22-8-12-6-11-4-5-13(23-3)7-14(11)20-16(12)18/h4-7H,8H2,1-3H3. The Morgan fingerprint density at radius 3 is 2.75 bits per heavy atom. The first-order valence-electron chi connectivity index (χ1n) is 7.22. The van der Waals surface area contributed by atoms with Crippen LogP contribution in [0.25, 0.3) is 10.9 Å². The van der Waals surface area contributed by atoms with Crippen LogP contribution in [0.5, 0.6) is 0 Å². The second kappa shape index (κ2) is 7.09. The first-order valence-corrected chi connectivity index (χ1v) is 9.64. The van der Waals surface area contributed by atoms with E-state index in [2.05, 4.69) is 9.97 Å². The van der Waals surface area contributed by atoms with Gasteiger partial charge in [0.25, 0.3) is 0 Å². The molecule has 0 amide bonds. The van der Waals surface area contributed by atoms with Crippen molar-refractivity contribution < 1.29 is 9.53 Å². The van der Waals surface area contributed by atoms with Gasteiger partial charge in [-0.2, -0.15) is 0 Å². The minimum Gasteiger partial charge on any atom is -0.456 e. The molecule has 0 saturated carbocycles. The number of thiazole rings is 1. The lowest BCUT2D eigenvalue weighted by molar-refractivity contribution is 0.0477. The van der Waals surface area contributed by atoms with Crippen LogP contribution in [0.15, 0.2) is 29.2 Å². The molecule has 0 radical (unpaired) electrons. The normalized spacial score (nSPS) is 11.0. The SMILES string of the molecule is CSc1ccc2cc(COC(=O)c3sc(C)nc3C)c(Cl)nc2c1. The van der Waals surface area contributed by atoms with E-state index in [0.29, 0.717) is 21.3 Å². The van der Waals surface area contributed by atoms with Crippen molar-refractivity contribution in [2.75, 3.05) is 6.26 Å². The van der Waals surface area contributed by atoms with Crippen molar-refractivity contribution in [1.29, 1.82) is 0 Å². The molecule has 2 aromatic heterocycles. The number of rotatable bonds is 4. The van der Waals surface area contributed by atoms with Crippen molar-refractivity contribution in [3.05, 3.63) is 50.6 Å². The van der Waals surface area contributed by atoms with Gasteiger partial charge in [0.05, 0.1) is 16.2 Å². The molecule has 3 rings (SSSR count). The molecule has 0 saturated heterocycles. The minimum absolute atomic E-state index is 0.0846. The number of ether oxygens (including phenoxy) is 1. The monoisotopic (exact) mass is 378 g/mol. The highest BCUT2D eigenvalue weighted by atomic mass is 35.5. The number of aryl methyl sites for hydroxylation is 2. The lowest BCUT2D eigenvalue weighted by atomic mass is 10.2. The maximum atomic E-state index is 12.2. The smallest absolute Gasteiger partial charge is 0.350 e. The first kappa shape index (κ1) is 17.2. The highest BCUT2D eigenvalue weighted by Crippen LogP contribution is 2.26. The van der Waals surface area contributed by atoms with Gasteiger partial charge in [-0.3, -0.25) is 0 Å². The van der Waals surface area contributed by atoms with Gasteiger partial charge in [0.15, 0.2) is 0 Å². The number of benzene rings is 1. The van der Waals surface area contributed by atoms with Crippen LogP contribution >= 0.6 is 34.7 Å². The van der Waals surface area contributed by atoms with Gasteiger partial charge in [0, 0.05) is 15.8 Å². The van der Waals surface area contributed by atoms with Crippen LogP contribution in [0.4, 0.5) is 0 Å². The fourth-order valence-electron chi connectivity index (χ4n) is 2.32. The molecule has 7 heteroatoms. The third kappa shape index (κ3) is 3.55. The highest BCUT2D eigenvalue weighted by Gasteiger charge is 2.16. The lowest BCUT2D eigenvalue weighted by Crippen LogP contribution is -2.05. The maximum Gasteiger partial charge on any atom is 0.350 e. The Morgan fingerprint density at radius 2 is 2.08 bits per heavy atom. The third-order valence-corrected chi connectivity index (χ3v) is 5.60. The number of nitrogens with zero attached hydrogens (tertiary/aromatic N) is 2. The van der Waals surface area contributed by atoms with Crippen LogP contribution in [0.2, 0.25) is 5.15 Å². The van der Waals surface area contributed by atoms with Crippen LogP contribution in [0.3, 0.4) is 0 Å². The van der Waals surface area contributed by atoms with E-state index in [1.54, 1.807) is 18.7 Å². The summed E-state index contributed by atoms with van der Waals surface area (Å²) < 4.78 is 5.39. The van der Waals surface area contributed by atoms with Gasteiger partial charge in [-0.15, -0.1) is 23.1 Å². The maximum absolute atomic E-state index is 12.2. The Morgan fingerprint density at radius 1 is 1.29 bits per heavy atom. The van der Waals surface area contributed by atoms with Crippen LogP contribution in [-0.2, 0) is 11.3 Å². The van der Waals surface area contributed by atoms with E-state index in [9.17, 15) is 4.79 Å². The molecule has 0 unspecified atom stereocenters. The minimum atomic E-state index is -0.382. The average molecular weight is 379 g/mol. The zero-order valence-electron chi connectivity index (χ0n) is 13.4. The van der Waals surface area contributed by atoms with E-state index in [0.717, 1.165) is 20.8 Å². The van der Waals surface area contributed by atoms with Crippen LogP contribution in [-0.4, -0.2) is 22.2 Å². The second-order valence-corrected chi connectivity index (χ2v) is 7.66. The van der Waals surface area contributed by atoms with Gasteiger partial charge in [0.1, 0.15) is 16.6 Å². The van der Waals surface area contributed by atoms with E-state index in [1.807, 2.05) is 37.4 Å². The summed E-state index contributed by atoms with van der Waals surface area (Å²) in [6.45, 7) is 3.75. The number of halogens is 1. The average Bonchev–Trinajstić information content (AvgIpc) is 2.90. The second-order valence-electron chi connectivity index (χ2n) is 5.22. The summed E-state index contributed by atoms with van der Waals surface area (Å²) in [6, 6.07) is 7.92. The van der Waals surface area contributed by atoms with E-state index < -0.39 is 0 Å². The third-order valence-electron chi connectivity index (χ3n) is 3.50. The molecule has 0 atom stereocenters. The number of carbonyl (C=O) groups is 1. The largest absolute Gasteiger partial charge is 0.456 e. The summed E-state index contributed by atoms with van der Waals surface area (Å²) in [5, 5.41) is 2.16. The van der Waals surface area contributed by atoms with Crippen molar-refractivity contribution in [1.82, 2.24) is 9.97 Å². The predicted octanol–water partition coefficient (Wildman–Crippen LogP) is 5.04. The number of hydrogen-bond acceptors (Lipinski definition) is 6. The Hall–Kier alpha value is -1.63. The molecule has 3 aromatic rings. The van der Waals surface area contributed by atoms with E-state index in [4.69, 9.17) is 16.3 Å². The van der Waals surface area contributed by atoms with Crippen molar-refractivity contribution in [2.24, 2.45) is 0 Å². The van der Waals surface area contributed by atoms with Crippen molar-refractivity contribution >= 4 is 51.6 Å². The topological polar surface area (TPSA) is 52.1 Å². The Bertz CT molecular complexity index is 924. The van der Waals surface area contributed by atoms with Crippen molar-refractivity contribution in [3.63, 3.8) is 0 Å². The molecule has 24 heavy (non-hydrogen) atoms. The van der Waals surface area contributed by atoms with Gasteiger partial charge < -0.3 is 4.74 Å². The number of carbonyl (C=O) groups excluding carboxylic acids is 1. The summed E-state index contributed by atoms with van der Waals surface area (Å²) in [5.41, 5.74) is 2.21. The van der Waals surface area contributed by atoms with Crippen LogP contribution < -0.4 is 0 Å². The van der Waals surface area contributed by atoms with Crippen LogP contribution in [0, 0.1) is 13.8 Å². The molecule has 0 bridgehead atoms. The molecule has 1 aromatic carbocycles. The Kier molecular flexibility index (Phi) is 5.08.